The maximum atomic E-state index is 13.6. The lowest BCUT2D eigenvalue weighted by atomic mass is 9.96. The topological polar surface area (TPSA) is 70.5 Å². The van der Waals surface area contributed by atoms with Crippen LogP contribution in [-0.2, 0) is 23.2 Å². The van der Waals surface area contributed by atoms with E-state index in [0.29, 0.717) is 11.7 Å². The van der Waals surface area contributed by atoms with Gasteiger partial charge >= 0.3 is 0 Å². The Bertz CT molecular complexity index is 1060. The molecular weight excluding hydrogens is 481 g/mol. The number of halogens is 2. The smallest absolute Gasteiger partial charge is 0.257 e. The molecule has 1 aromatic heterocycles. The van der Waals surface area contributed by atoms with E-state index >= 15 is 0 Å². The number of nitrogens with one attached hydrogen (secondary N) is 1. The average molecular weight is 508 g/mol. The number of imide groups is 1. The van der Waals surface area contributed by atoms with Crippen LogP contribution < -0.4 is 10.2 Å². The number of nitrogens with zero attached hydrogens (tertiary/aromatic N) is 4. The maximum absolute atomic E-state index is 13.6. The molecule has 10 heteroatoms. The number of hydrogen-bond acceptors (Lipinski definition) is 4. The van der Waals surface area contributed by atoms with Gasteiger partial charge in [-0.3, -0.25) is 14.3 Å². The molecule has 4 rings (SSSR count). The van der Waals surface area contributed by atoms with Gasteiger partial charge in [0.25, 0.3) is 5.91 Å². The van der Waals surface area contributed by atoms with Gasteiger partial charge in [-0.2, -0.15) is 5.10 Å². The van der Waals surface area contributed by atoms with Crippen LogP contribution in [0.25, 0.3) is 0 Å². The molecule has 2 aliphatic rings. The van der Waals surface area contributed by atoms with Gasteiger partial charge in [0, 0.05) is 31.4 Å². The summed E-state index contributed by atoms with van der Waals surface area (Å²) in [6.07, 6.45) is 7.52. The lowest BCUT2D eigenvalue weighted by Gasteiger charge is -2.33. The average Bonchev–Trinajstić information content (AvgIpc) is 3.24. The molecule has 0 bridgehead atoms. The van der Waals surface area contributed by atoms with Gasteiger partial charge in [0.1, 0.15) is 6.04 Å². The Hall–Kier alpha value is -2.16. The number of hydrogen-bond donors (Lipinski definition) is 1. The van der Waals surface area contributed by atoms with Crippen LogP contribution in [-0.4, -0.2) is 43.7 Å². The predicted molar refractivity (Wildman–Crippen MR) is 133 cm³/mol. The van der Waals surface area contributed by atoms with Gasteiger partial charge < -0.3 is 10.2 Å². The second-order valence-electron chi connectivity index (χ2n) is 8.68. The molecule has 176 valence electrons. The summed E-state index contributed by atoms with van der Waals surface area (Å²) in [5.41, 5.74) is 2.02. The van der Waals surface area contributed by atoms with Crippen molar-refractivity contribution in [2.24, 2.45) is 7.05 Å². The Labute approximate surface area is 209 Å². The van der Waals surface area contributed by atoms with Crippen molar-refractivity contribution in [3.8, 4) is 0 Å². The minimum absolute atomic E-state index is 0.00776. The first-order valence-electron chi connectivity index (χ1n) is 11.1. The zero-order valence-corrected chi connectivity index (χ0v) is 21.0. The summed E-state index contributed by atoms with van der Waals surface area (Å²) in [4.78, 5) is 29.5. The Balaban J connectivity index is 1.64. The van der Waals surface area contributed by atoms with Gasteiger partial charge in [0.15, 0.2) is 5.11 Å². The van der Waals surface area contributed by atoms with Crippen LogP contribution >= 0.6 is 35.4 Å². The van der Waals surface area contributed by atoms with Crippen molar-refractivity contribution in [1.82, 2.24) is 20.0 Å². The fourth-order valence-electron chi connectivity index (χ4n) is 4.61. The van der Waals surface area contributed by atoms with Crippen molar-refractivity contribution < 1.29 is 9.59 Å². The third kappa shape index (κ3) is 5.03. The number of thiocarbonyl (C=S) groups is 1. The van der Waals surface area contributed by atoms with Crippen LogP contribution in [0.4, 0.5) is 5.69 Å². The molecule has 1 aliphatic heterocycles. The summed E-state index contributed by atoms with van der Waals surface area (Å²) in [6.45, 7) is 2.29. The summed E-state index contributed by atoms with van der Waals surface area (Å²) < 4.78 is 1.73. The van der Waals surface area contributed by atoms with Gasteiger partial charge in [0.2, 0.25) is 5.91 Å². The van der Waals surface area contributed by atoms with Gasteiger partial charge in [-0.05, 0) is 44.1 Å². The first-order valence-corrected chi connectivity index (χ1v) is 12.3. The van der Waals surface area contributed by atoms with Crippen molar-refractivity contribution in [3.05, 3.63) is 45.7 Å². The molecule has 1 saturated heterocycles. The molecule has 0 radical (unpaired) electrons. The van der Waals surface area contributed by atoms with Crippen LogP contribution in [0.3, 0.4) is 0 Å². The highest BCUT2D eigenvalue weighted by atomic mass is 35.5. The van der Waals surface area contributed by atoms with Crippen molar-refractivity contribution in [2.45, 2.75) is 64.1 Å². The standard InChI is InChI=1S/C23H27Cl2N5O2S/c1-14-15(12-28(2)27-14)13-29(23(33)26-16-7-4-3-5-8-16)19-11-20(31)30(22(19)32)21-17(24)9-6-10-18(21)25/h6,9-10,12,16,19H,3-5,7-8,11,13H2,1-2H3,(H,26,33)/t19-/m0/s1. The number of anilines is 1. The molecule has 1 atom stereocenters. The third-order valence-electron chi connectivity index (χ3n) is 6.31. The monoisotopic (exact) mass is 507 g/mol. The van der Waals surface area contributed by atoms with E-state index in [1.54, 1.807) is 22.9 Å². The Morgan fingerprint density at radius 2 is 1.88 bits per heavy atom. The van der Waals surface area contributed by atoms with Crippen LogP contribution in [0, 0.1) is 6.92 Å². The van der Waals surface area contributed by atoms with E-state index in [2.05, 4.69) is 10.4 Å². The van der Waals surface area contributed by atoms with Crippen molar-refractivity contribution in [1.29, 1.82) is 0 Å². The minimum Gasteiger partial charge on any atom is -0.360 e. The number of aryl methyl sites for hydroxylation is 2. The fourth-order valence-corrected chi connectivity index (χ4v) is 5.54. The zero-order valence-electron chi connectivity index (χ0n) is 18.7. The van der Waals surface area contributed by atoms with E-state index < -0.39 is 6.04 Å². The summed E-state index contributed by atoms with van der Waals surface area (Å²) in [5.74, 6) is -0.738. The second kappa shape index (κ2) is 9.99. The second-order valence-corrected chi connectivity index (χ2v) is 9.88. The molecule has 1 aromatic carbocycles. The van der Waals surface area contributed by atoms with E-state index in [4.69, 9.17) is 35.4 Å². The molecule has 0 spiro atoms. The summed E-state index contributed by atoms with van der Waals surface area (Å²) in [5, 5.41) is 8.85. The molecule has 2 aromatic rings. The van der Waals surface area contributed by atoms with E-state index in [0.717, 1.165) is 41.8 Å². The zero-order chi connectivity index (χ0) is 23.7. The third-order valence-corrected chi connectivity index (χ3v) is 7.27. The fraction of sp³-hybridized carbons (Fsp3) is 0.478. The van der Waals surface area contributed by atoms with E-state index in [9.17, 15) is 9.59 Å². The highest BCUT2D eigenvalue weighted by Gasteiger charge is 2.45. The van der Waals surface area contributed by atoms with Gasteiger partial charge in [0.05, 0.1) is 27.8 Å². The van der Waals surface area contributed by atoms with Crippen LogP contribution in [0.15, 0.2) is 24.4 Å². The Morgan fingerprint density at radius 1 is 1.21 bits per heavy atom. The van der Waals surface area contributed by atoms with Crippen molar-refractivity contribution in [2.75, 3.05) is 4.90 Å². The molecule has 2 heterocycles. The molecule has 1 aliphatic carbocycles. The van der Waals surface area contributed by atoms with Gasteiger partial charge in [-0.1, -0.05) is 48.5 Å². The number of benzene rings is 1. The molecule has 0 unspecified atom stereocenters. The SMILES string of the molecule is Cc1nn(C)cc1CN(C(=S)NC1CCCCC1)[C@H]1CC(=O)N(c2c(Cl)cccc2Cl)C1=O. The normalized spacial score (nSPS) is 19.3. The van der Waals surface area contributed by atoms with Gasteiger partial charge in [-0.15, -0.1) is 0 Å². The predicted octanol–water partition coefficient (Wildman–Crippen LogP) is 4.38. The maximum Gasteiger partial charge on any atom is 0.257 e. The lowest BCUT2D eigenvalue weighted by Crippen LogP contribution is -2.51. The Kier molecular flexibility index (Phi) is 7.26. The molecule has 2 amide bonds. The van der Waals surface area contributed by atoms with Gasteiger partial charge in [-0.25, -0.2) is 4.90 Å². The Morgan fingerprint density at radius 3 is 2.48 bits per heavy atom. The summed E-state index contributed by atoms with van der Waals surface area (Å²) in [6, 6.07) is 4.42. The number of rotatable bonds is 5. The lowest BCUT2D eigenvalue weighted by molar-refractivity contribution is -0.122. The highest BCUT2D eigenvalue weighted by Crippen LogP contribution is 2.37. The number of amides is 2. The van der Waals surface area contributed by atoms with Crippen LogP contribution in [0.5, 0.6) is 0 Å². The van der Waals surface area contributed by atoms with Crippen molar-refractivity contribution >= 4 is 58.0 Å². The van der Waals surface area contributed by atoms with Crippen LogP contribution in [0.2, 0.25) is 10.0 Å². The molecule has 1 saturated carbocycles. The quantitative estimate of drug-likeness (QED) is 0.478. The molecular formula is C23H27Cl2N5O2S. The highest BCUT2D eigenvalue weighted by molar-refractivity contribution is 7.80. The van der Waals surface area contributed by atoms with E-state index in [1.165, 1.54) is 6.42 Å². The molecule has 7 nitrogen and oxygen atoms in total. The van der Waals surface area contributed by atoms with E-state index in [1.807, 2.05) is 25.1 Å². The largest absolute Gasteiger partial charge is 0.360 e. The summed E-state index contributed by atoms with van der Waals surface area (Å²) >= 11 is 18.4. The van der Waals surface area contributed by atoms with Crippen LogP contribution in [0.1, 0.15) is 49.8 Å². The number of aromatic nitrogens is 2. The number of carbonyl (C=O) groups excluding carboxylic acids is 2. The number of carbonyl (C=O) groups is 2. The molecule has 2 fully saturated rings. The molecule has 33 heavy (non-hydrogen) atoms. The van der Waals surface area contributed by atoms with Crippen molar-refractivity contribution in [3.63, 3.8) is 0 Å². The summed E-state index contributed by atoms with van der Waals surface area (Å²) in [7, 11) is 1.85. The minimum atomic E-state index is -0.756. The first kappa shape index (κ1) is 24.0. The van der Waals surface area contributed by atoms with E-state index in [-0.39, 0.29) is 40.0 Å². The molecule has 1 N–H and O–H groups in total. The number of para-hydroxylation sites is 1. The first-order chi connectivity index (χ1) is 15.8.